The van der Waals surface area contributed by atoms with Gasteiger partial charge in [-0.1, -0.05) is 57.3 Å². The van der Waals surface area contributed by atoms with Crippen LogP contribution in [0.4, 0.5) is 5.69 Å². The second-order valence-electron chi connectivity index (χ2n) is 6.51. The molecule has 1 fully saturated rings. The van der Waals surface area contributed by atoms with Crippen molar-refractivity contribution in [2.24, 2.45) is 0 Å². The summed E-state index contributed by atoms with van der Waals surface area (Å²) in [6, 6.07) is 20.9. The number of rotatable bonds is 5. The first-order valence-electron chi connectivity index (χ1n) is 8.87. The number of thioether (sulfide) groups is 1. The van der Waals surface area contributed by atoms with Crippen LogP contribution in [0.5, 0.6) is 5.75 Å². The molecular weight excluding hydrogens is 493 g/mol. The fourth-order valence-corrected chi connectivity index (χ4v) is 4.88. The van der Waals surface area contributed by atoms with E-state index >= 15 is 0 Å². The lowest BCUT2D eigenvalue weighted by atomic mass is 10.1. The summed E-state index contributed by atoms with van der Waals surface area (Å²) in [5.41, 5.74) is 2.83. The van der Waals surface area contributed by atoms with Crippen molar-refractivity contribution < 1.29 is 9.53 Å². The van der Waals surface area contributed by atoms with Gasteiger partial charge in [-0.25, -0.2) is 0 Å². The number of ether oxygens (including phenoxy) is 1. The molecule has 0 unspecified atom stereocenters. The highest BCUT2D eigenvalue weighted by Crippen LogP contribution is 2.43. The lowest BCUT2D eigenvalue weighted by molar-refractivity contribution is -0.115. The highest BCUT2D eigenvalue weighted by atomic mass is 79.9. The van der Waals surface area contributed by atoms with E-state index in [1.165, 1.54) is 0 Å². The summed E-state index contributed by atoms with van der Waals surface area (Å²) in [7, 11) is 0. The molecular formula is C22H16BrCl2NO2S. The first kappa shape index (κ1) is 20.6. The summed E-state index contributed by atoms with van der Waals surface area (Å²) in [5, 5.41) is 1.03. The second kappa shape index (κ2) is 9.00. The topological polar surface area (TPSA) is 29.5 Å². The zero-order chi connectivity index (χ0) is 20.4. The van der Waals surface area contributed by atoms with Gasteiger partial charge in [-0.15, -0.1) is 11.8 Å². The SMILES string of the molecule is O=C1CS[C@H](c2ccc(OCc3ccc(Br)cc3)c(Cl)c2)N1c1ccc(Cl)cc1. The van der Waals surface area contributed by atoms with Gasteiger partial charge in [-0.2, -0.15) is 0 Å². The van der Waals surface area contributed by atoms with E-state index in [0.717, 1.165) is 21.3 Å². The molecule has 29 heavy (non-hydrogen) atoms. The van der Waals surface area contributed by atoms with Crippen LogP contribution in [0.2, 0.25) is 10.0 Å². The van der Waals surface area contributed by atoms with Crippen molar-refractivity contribution in [1.29, 1.82) is 0 Å². The van der Waals surface area contributed by atoms with Crippen LogP contribution in [0, 0.1) is 0 Å². The van der Waals surface area contributed by atoms with E-state index < -0.39 is 0 Å². The molecule has 1 saturated heterocycles. The number of amides is 1. The number of anilines is 1. The summed E-state index contributed by atoms with van der Waals surface area (Å²) in [6.45, 7) is 0.430. The minimum absolute atomic E-state index is 0.0639. The predicted molar refractivity (Wildman–Crippen MR) is 124 cm³/mol. The van der Waals surface area contributed by atoms with Crippen LogP contribution in [-0.2, 0) is 11.4 Å². The Morgan fingerprint density at radius 2 is 1.76 bits per heavy atom. The molecule has 3 aromatic carbocycles. The summed E-state index contributed by atoms with van der Waals surface area (Å²) >= 11 is 17.5. The fourth-order valence-electron chi connectivity index (χ4n) is 3.08. The Morgan fingerprint density at radius 3 is 2.45 bits per heavy atom. The van der Waals surface area contributed by atoms with Crippen molar-refractivity contribution in [3.63, 3.8) is 0 Å². The number of nitrogens with zero attached hydrogens (tertiary/aromatic N) is 1. The third-order valence-electron chi connectivity index (χ3n) is 4.52. The van der Waals surface area contributed by atoms with Gasteiger partial charge in [-0.05, 0) is 59.7 Å². The molecule has 1 atom stereocenters. The van der Waals surface area contributed by atoms with Crippen molar-refractivity contribution in [2.45, 2.75) is 12.0 Å². The zero-order valence-electron chi connectivity index (χ0n) is 15.1. The van der Waals surface area contributed by atoms with Crippen molar-refractivity contribution in [2.75, 3.05) is 10.7 Å². The van der Waals surface area contributed by atoms with E-state index in [2.05, 4.69) is 15.9 Å². The standard InChI is InChI=1S/C22H16BrCl2NO2S/c23-16-4-1-14(2-5-16)12-28-20-10-3-15(11-19(20)25)22-26(21(27)13-29-22)18-8-6-17(24)7-9-18/h1-11,22H,12-13H2/t22-/m1/s1. The Balaban J connectivity index is 1.52. The van der Waals surface area contributed by atoms with E-state index in [9.17, 15) is 4.79 Å². The molecule has 148 valence electrons. The van der Waals surface area contributed by atoms with Gasteiger partial charge < -0.3 is 4.74 Å². The molecule has 1 amide bonds. The van der Waals surface area contributed by atoms with Crippen molar-refractivity contribution >= 4 is 62.5 Å². The molecule has 0 radical (unpaired) electrons. The molecule has 0 N–H and O–H groups in total. The number of benzene rings is 3. The normalized spacial score (nSPS) is 16.3. The molecule has 0 bridgehead atoms. The first-order chi connectivity index (χ1) is 14.0. The van der Waals surface area contributed by atoms with Gasteiger partial charge in [0, 0.05) is 15.2 Å². The van der Waals surface area contributed by atoms with E-state index in [0.29, 0.717) is 28.2 Å². The van der Waals surface area contributed by atoms with Crippen molar-refractivity contribution in [3.05, 3.63) is 92.4 Å². The molecule has 1 heterocycles. The van der Waals surface area contributed by atoms with Gasteiger partial charge in [0.1, 0.15) is 17.7 Å². The van der Waals surface area contributed by atoms with Gasteiger partial charge in [0.25, 0.3) is 0 Å². The van der Waals surface area contributed by atoms with Crippen LogP contribution in [0.3, 0.4) is 0 Å². The fraction of sp³-hybridized carbons (Fsp3) is 0.136. The Labute approximate surface area is 192 Å². The van der Waals surface area contributed by atoms with Crippen LogP contribution in [0.15, 0.2) is 71.2 Å². The average molecular weight is 509 g/mol. The molecule has 0 saturated carbocycles. The quantitative estimate of drug-likeness (QED) is 0.367. The Hall–Kier alpha value is -1.66. The van der Waals surface area contributed by atoms with Gasteiger partial charge in [0.15, 0.2) is 0 Å². The van der Waals surface area contributed by atoms with E-state index in [-0.39, 0.29) is 11.3 Å². The summed E-state index contributed by atoms with van der Waals surface area (Å²) in [4.78, 5) is 14.3. The van der Waals surface area contributed by atoms with Gasteiger partial charge in [0.2, 0.25) is 5.91 Å². The lowest BCUT2D eigenvalue weighted by Crippen LogP contribution is -2.27. The third kappa shape index (κ3) is 4.75. The average Bonchev–Trinajstić information content (AvgIpc) is 3.10. The summed E-state index contributed by atoms with van der Waals surface area (Å²) in [6.07, 6.45) is 0. The van der Waals surface area contributed by atoms with Gasteiger partial charge in [0.05, 0.1) is 10.8 Å². The maximum Gasteiger partial charge on any atom is 0.238 e. The minimum atomic E-state index is -0.137. The number of halogens is 3. The van der Waals surface area contributed by atoms with Crippen LogP contribution in [0.25, 0.3) is 0 Å². The highest BCUT2D eigenvalue weighted by Gasteiger charge is 2.34. The van der Waals surface area contributed by atoms with E-state index in [4.69, 9.17) is 27.9 Å². The Bertz CT molecular complexity index is 1030. The van der Waals surface area contributed by atoms with Crippen molar-refractivity contribution in [1.82, 2.24) is 0 Å². The first-order valence-corrected chi connectivity index (χ1v) is 11.5. The highest BCUT2D eigenvalue weighted by molar-refractivity contribution is 9.10. The van der Waals surface area contributed by atoms with Crippen LogP contribution < -0.4 is 9.64 Å². The molecule has 1 aliphatic rings. The minimum Gasteiger partial charge on any atom is -0.487 e. The lowest BCUT2D eigenvalue weighted by Gasteiger charge is -2.25. The Kier molecular flexibility index (Phi) is 6.40. The molecule has 4 rings (SSSR count). The molecule has 3 aromatic rings. The van der Waals surface area contributed by atoms with Crippen LogP contribution in [0.1, 0.15) is 16.5 Å². The summed E-state index contributed by atoms with van der Waals surface area (Å²) in [5.74, 6) is 1.10. The molecule has 7 heteroatoms. The Morgan fingerprint density at radius 1 is 1.03 bits per heavy atom. The van der Waals surface area contributed by atoms with Crippen molar-refractivity contribution in [3.8, 4) is 5.75 Å². The number of carbonyl (C=O) groups is 1. The van der Waals surface area contributed by atoms with E-state index in [1.54, 1.807) is 28.8 Å². The maximum atomic E-state index is 12.5. The largest absolute Gasteiger partial charge is 0.487 e. The monoisotopic (exact) mass is 507 g/mol. The van der Waals surface area contributed by atoms with E-state index in [1.807, 2.05) is 54.6 Å². The van der Waals surface area contributed by atoms with Crippen LogP contribution in [-0.4, -0.2) is 11.7 Å². The molecule has 0 spiro atoms. The van der Waals surface area contributed by atoms with Gasteiger partial charge >= 0.3 is 0 Å². The predicted octanol–water partition coefficient (Wildman–Crippen LogP) is 7.11. The maximum absolute atomic E-state index is 12.5. The molecule has 3 nitrogen and oxygen atoms in total. The third-order valence-corrected chi connectivity index (χ3v) is 6.81. The zero-order valence-corrected chi connectivity index (χ0v) is 19.1. The number of carbonyl (C=O) groups excluding carboxylic acids is 1. The number of hydrogen-bond donors (Lipinski definition) is 0. The molecule has 0 aliphatic carbocycles. The molecule has 0 aromatic heterocycles. The van der Waals surface area contributed by atoms with Crippen LogP contribution >= 0.6 is 50.9 Å². The number of hydrogen-bond acceptors (Lipinski definition) is 3. The van der Waals surface area contributed by atoms with Gasteiger partial charge in [-0.3, -0.25) is 9.69 Å². The smallest absolute Gasteiger partial charge is 0.238 e. The second-order valence-corrected chi connectivity index (χ2v) is 9.34. The summed E-state index contributed by atoms with van der Waals surface area (Å²) < 4.78 is 6.90. The molecule has 1 aliphatic heterocycles.